The summed E-state index contributed by atoms with van der Waals surface area (Å²) < 4.78 is 0. The molecule has 2 aromatic rings. The average Bonchev–Trinajstić information content (AvgIpc) is 2.88. The van der Waals surface area contributed by atoms with E-state index in [0.717, 1.165) is 5.56 Å². The van der Waals surface area contributed by atoms with Gasteiger partial charge in [-0.1, -0.05) is 23.7 Å². The van der Waals surface area contributed by atoms with E-state index in [1.54, 1.807) is 24.3 Å². The lowest BCUT2D eigenvalue weighted by molar-refractivity contribution is -0.120. The molecule has 0 atom stereocenters. The number of hydrogen-bond donors (Lipinski definition) is 2. The predicted molar refractivity (Wildman–Crippen MR) is 76.1 cm³/mol. The fourth-order valence-electron chi connectivity index (χ4n) is 1.51. The molecule has 5 nitrogen and oxygen atoms in total. The van der Waals surface area contributed by atoms with Crippen molar-refractivity contribution in [2.75, 3.05) is 0 Å². The number of carboxylic acid groups (broad SMARTS) is 1. The van der Waals surface area contributed by atoms with Crippen LogP contribution in [0.4, 0.5) is 0 Å². The maximum absolute atomic E-state index is 11.7. The zero-order chi connectivity index (χ0) is 14.5. The molecule has 1 heterocycles. The van der Waals surface area contributed by atoms with E-state index in [9.17, 15) is 9.59 Å². The Labute approximate surface area is 124 Å². The van der Waals surface area contributed by atoms with Gasteiger partial charge in [0, 0.05) is 10.4 Å². The highest BCUT2D eigenvalue weighted by Crippen LogP contribution is 2.11. The summed E-state index contributed by atoms with van der Waals surface area (Å²) in [5.41, 5.74) is 0.856. The lowest BCUT2D eigenvalue weighted by Gasteiger charge is -2.03. The van der Waals surface area contributed by atoms with E-state index in [1.165, 1.54) is 16.7 Å². The van der Waals surface area contributed by atoms with Crippen molar-refractivity contribution in [2.24, 2.45) is 0 Å². The molecule has 0 radical (unpaired) electrons. The number of nitrogens with one attached hydrogen (secondary N) is 1. The van der Waals surface area contributed by atoms with Gasteiger partial charge < -0.3 is 10.4 Å². The van der Waals surface area contributed by atoms with Crippen LogP contribution in [0.3, 0.4) is 0 Å². The molecular formula is C13H11ClN2O3S. The van der Waals surface area contributed by atoms with Crippen molar-refractivity contribution in [1.29, 1.82) is 0 Å². The van der Waals surface area contributed by atoms with Crippen LogP contribution >= 0.6 is 22.9 Å². The van der Waals surface area contributed by atoms with Crippen molar-refractivity contribution >= 4 is 34.8 Å². The maximum atomic E-state index is 11.7. The van der Waals surface area contributed by atoms with Gasteiger partial charge in [-0.25, -0.2) is 9.78 Å². The number of aromatic carboxylic acids is 1. The molecule has 2 rings (SSSR count). The minimum Gasteiger partial charge on any atom is -0.476 e. The summed E-state index contributed by atoms with van der Waals surface area (Å²) in [5.74, 6) is -1.22. The Balaban J connectivity index is 1.85. The number of halogens is 1. The van der Waals surface area contributed by atoms with Crippen LogP contribution < -0.4 is 5.32 Å². The molecule has 7 heteroatoms. The summed E-state index contributed by atoms with van der Waals surface area (Å²) in [5, 5.41) is 14.1. The van der Waals surface area contributed by atoms with Gasteiger partial charge in [0.25, 0.3) is 0 Å². The Kier molecular flexibility index (Phi) is 4.70. The van der Waals surface area contributed by atoms with E-state index in [2.05, 4.69) is 10.3 Å². The molecule has 0 spiro atoms. The smallest absolute Gasteiger partial charge is 0.355 e. The van der Waals surface area contributed by atoms with E-state index < -0.39 is 5.97 Å². The molecule has 1 amide bonds. The first-order valence-corrected chi connectivity index (χ1v) is 6.99. The third kappa shape index (κ3) is 4.04. The van der Waals surface area contributed by atoms with Gasteiger partial charge in [-0.15, -0.1) is 11.3 Å². The Bertz CT molecular complexity index is 625. The molecule has 0 aliphatic heterocycles. The molecule has 2 N–H and O–H groups in total. The van der Waals surface area contributed by atoms with Crippen molar-refractivity contribution in [3.63, 3.8) is 0 Å². The zero-order valence-electron chi connectivity index (χ0n) is 10.3. The molecule has 0 aliphatic rings. The maximum Gasteiger partial charge on any atom is 0.355 e. The molecule has 0 saturated heterocycles. The molecule has 0 unspecified atom stereocenters. The Morgan fingerprint density at radius 1 is 1.30 bits per heavy atom. The lowest BCUT2D eigenvalue weighted by atomic mass is 10.1. The summed E-state index contributed by atoms with van der Waals surface area (Å²) >= 11 is 6.97. The van der Waals surface area contributed by atoms with E-state index >= 15 is 0 Å². The standard InChI is InChI=1S/C13H11ClN2O3S/c14-9-3-1-8(2-4-9)5-11(17)15-6-12-16-10(7-20-12)13(18)19/h1-4,7H,5-6H2,(H,15,17)(H,18,19). The molecule has 0 bridgehead atoms. The van der Waals surface area contributed by atoms with Gasteiger partial charge in [-0.2, -0.15) is 0 Å². The zero-order valence-corrected chi connectivity index (χ0v) is 11.9. The molecule has 20 heavy (non-hydrogen) atoms. The molecule has 0 fully saturated rings. The minimum absolute atomic E-state index is 0.00282. The largest absolute Gasteiger partial charge is 0.476 e. The van der Waals surface area contributed by atoms with E-state index in [4.69, 9.17) is 16.7 Å². The van der Waals surface area contributed by atoms with Gasteiger partial charge >= 0.3 is 5.97 Å². The second-order valence-electron chi connectivity index (χ2n) is 4.01. The Hall–Kier alpha value is -1.92. The number of benzene rings is 1. The van der Waals surface area contributed by atoms with Crippen LogP contribution in [0, 0.1) is 0 Å². The van der Waals surface area contributed by atoms with Crippen molar-refractivity contribution in [3.05, 3.63) is 50.9 Å². The Morgan fingerprint density at radius 2 is 2.00 bits per heavy atom. The van der Waals surface area contributed by atoms with E-state index in [0.29, 0.717) is 10.0 Å². The predicted octanol–water partition coefficient (Wildman–Crippen LogP) is 2.35. The van der Waals surface area contributed by atoms with Gasteiger partial charge in [0.1, 0.15) is 5.01 Å². The van der Waals surface area contributed by atoms with Crippen LogP contribution in [0.25, 0.3) is 0 Å². The van der Waals surface area contributed by atoms with Crippen molar-refractivity contribution in [2.45, 2.75) is 13.0 Å². The lowest BCUT2D eigenvalue weighted by Crippen LogP contribution is -2.24. The van der Waals surface area contributed by atoms with E-state index in [1.807, 2.05) is 0 Å². The van der Waals surface area contributed by atoms with Crippen LogP contribution in [0.15, 0.2) is 29.6 Å². The first kappa shape index (κ1) is 14.5. The second kappa shape index (κ2) is 6.49. The fourth-order valence-corrected chi connectivity index (χ4v) is 2.35. The van der Waals surface area contributed by atoms with Crippen LogP contribution in [0.2, 0.25) is 5.02 Å². The summed E-state index contributed by atoms with van der Waals surface area (Å²) in [6.07, 6.45) is 0.244. The summed E-state index contributed by atoms with van der Waals surface area (Å²) in [4.78, 5) is 26.3. The highest BCUT2D eigenvalue weighted by atomic mass is 35.5. The highest BCUT2D eigenvalue weighted by Gasteiger charge is 2.09. The van der Waals surface area contributed by atoms with Crippen LogP contribution in [-0.4, -0.2) is 22.0 Å². The summed E-state index contributed by atoms with van der Waals surface area (Å²) in [6, 6.07) is 7.02. The first-order valence-electron chi connectivity index (χ1n) is 5.73. The topological polar surface area (TPSA) is 79.3 Å². The second-order valence-corrected chi connectivity index (χ2v) is 5.39. The number of carbonyl (C=O) groups excluding carboxylic acids is 1. The number of carboxylic acids is 1. The SMILES string of the molecule is O=C(Cc1ccc(Cl)cc1)NCc1nc(C(=O)O)cs1. The number of hydrogen-bond acceptors (Lipinski definition) is 4. The fraction of sp³-hybridized carbons (Fsp3) is 0.154. The molecule has 0 saturated carbocycles. The van der Waals surface area contributed by atoms with Gasteiger partial charge in [-0.05, 0) is 17.7 Å². The van der Waals surface area contributed by atoms with Gasteiger partial charge in [-0.3, -0.25) is 4.79 Å². The molecule has 0 aliphatic carbocycles. The molecule has 1 aromatic heterocycles. The number of aromatic nitrogens is 1. The summed E-state index contributed by atoms with van der Waals surface area (Å²) in [7, 11) is 0. The van der Waals surface area contributed by atoms with Crippen LogP contribution in [-0.2, 0) is 17.8 Å². The number of thiazole rings is 1. The number of carbonyl (C=O) groups is 2. The number of amides is 1. The van der Waals surface area contributed by atoms with Crippen molar-refractivity contribution in [3.8, 4) is 0 Å². The van der Waals surface area contributed by atoms with Crippen molar-refractivity contribution < 1.29 is 14.7 Å². The normalized spacial score (nSPS) is 10.2. The van der Waals surface area contributed by atoms with Gasteiger partial charge in [0.15, 0.2) is 5.69 Å². The van der Waals surface area contributed by atoms with Gasteiger partial charge in [0.2, 0.25) is 5.91 Å². The third-order valence-electron chi connectivity index (χ3n) is 2.49. The van der Waals surface area contributed by atoms with Crippen molar-refractivity contribution in [1.82, 2.24) is 10.3 Å². The minimum atomic E-state index is -1.07. The first-order chi connectivity index (χ1) is 9.54. The van der Waals surface area contributed by atoms with Gasteiger partial charge in [0.05, 0.1) is 13.0 Å². The van der Waals surface area contributed by atoms with Crippen LogP contribution in [0.5, 0.6) is 0 Å². The number of nitrogens with zero attached hydrogens (tertiary/aromatic N) is 1. The third-order valence-corrected chi connectivity index (χ3v) is 3.59. The number of rotatable bonds is 5. The molecule has 104 valence electrons. The molecular weight excluding hydrogens is 300 g/mol. The quantitative estimate of drug-likeness (QED) is 0.888. The summed E-state index contributed by atoms with van der Waals surface area (Å²) in [6.45, 7) is 0.227. The van der Waals surface area contributed by atoms with Crippen LogP contribution in [0.1, 0.15) is 21.1 Å². The molecule has 1 aromatic carbocycles. The highest BCUT2D eigenvalue weighted by molar-refractivity contribution is 7.09. The monoisotopic (exact) mass is 310 g/mol. The average molecular weight is 311 g/mol. The Morgan fingerprint density at radius 3 is 2.60 bits per heavy atom. The van der Waals surface area contributed by atoms with E-state index in [-0.39, 0.29) is 24.6 Å².